The second-order valence-electron chi connectivity index (χ2n) is 4.36. The molecule has 0 saturated carbocycles. The van der Waals surface area contributed by atoms with Crippen molar-refractivity contribution in [2.45, 2.75) is 27.3 Å². The summed E-state index contributed by atoms with van der Waals surface area (Å²) in [5, 5.41) is 9.90. The molecule has 0 aromatic carbocycles. The maximum absolute atomic E-state index is 4.45. The van der Waals surface area contributed by atoms with Gasteiger partial charge in [0.25, 0.3) is 0 Å². The first-order valence-corrected chi connectivity index (χ1v) is 5.44. The lowest BCUT2D eigenvalue weighted by Gasteiger charge is -2.10. The van der Waals surface area contributed by atoms with Gasteiger partial charge in [-0.05, 0) is 12.8 Å². The topological polar surface area (TPSA) is 58.5 Å². The highest BCUT2D eigenvalue weighted by atomic mass is 15.2. The van der Waals surface area contributed by atoms with Crippen molar-refractivity contribution in [3.63, 3.8) is 0 Å². The maximum atomic E-state index is 4.45. The second kappa shape index (κ2) is 4.38. The highest BCUT2D eigenvalue weighted by molar-refractivity contribution is 5.51. The summed E-state index contributed by atoms with van der Waals surface area (Å²) in [7, 11) is 0. The van der Waals surface area contributed by atoms with Crippen LogP contribution in [0.1, 0.15) is 19.5 Å². The molecule has 2 aromatic rings. The number of rotatable bonds is 4. The van der Waals surface area contributed by atoms with Crippen LogP contribution in [0.2, 0.25) is 0 Å². The summed E-state index contributed by atoms with van der Waals surface area (Å²) in [5.41, 5.74) is 1.95. The van der Waals surface area contributed by atoms with Gasteiger partial charge >= 0.3 is 0 Å². The van der Waals surface area contributed by atoms with E-state index in [1.54, 1.807) is 6.20 Å². The van der Waals surface area contributed by atoms with E-state index in [2.05, 4.69) is 45.1 Å². The molecule has 0 atom stereocenters. The van der Waals surface area contributed by atoms with Crippen molar-refractivity contribution in [1.82, 2.24) is 19.7 Å². The molecule has 0 amide bonds. The fourth-order valence-corrected chi connectivity index (χ4v) is 1.63. The molecule has 0 unspecified atom stereocenters. The zero-order chi connectivity index (χ0) is 11.5. The summed E-state index contributed by atoms with van der Waals surface area (Å²) in [6.45, 7) is 7.34. The fourth-order valence-electron chi connectivity index (χ4n) is 1.63. The molecule has 2 aromatic heterocycles. The van der Waals surface area contributed by atoms with E-state index in [9.17, 15) is 0 Å². The summed E-state index contributed by atoms with van der Waals surface area (Å²) in [6.07, 6.45) is 5.61. The highest BCUT2D eigenvalue weighted by Crippen LogP contribution is 2.16. The lowest BCUT2D eigenvalue weighted by molar-refractivity contribution is 0.527. The van der Waals surface area contributed by atoms with Gasteiger partial charge in [0.05, 0.1) is 17.6 Å². The Bertz CT molecular complexity index is 441. The van der Waals surface area contributed by atoms with Crippen molar-refractivity contribution < 1.29 is 0 Å². The predicted octanol–water partition coefficient (Wildman–Crippen LogP) is 2.31. The lowest BCUT2D eigenvalue weighted by atomic mass is 10.2. The van der Waals surface area contributed by atoms with Crippen LogP contribution in [-0.4, -0.2) is 19.7 Å². The average molecular weight is 219 g/mol. The van der Waals surface area contributed by atoms with Gasteiger partial charge in [-0.3, -0.25) is 5.10 Å². The number of aromatic amines is 1. The molecule has 2 heterocycles. The van der Waals surface area contributed by atoms with Crippen LogP contribution in [0.25, 0.3) is 0 Å². The number of aryl methyl sites for hydroxylation is 1. The first-order valence-electron chi connectivity index (χ1n) is 5.44. The molecule has 2 N–H and O–H groups in total. The average Bonchev–Trinajstić information content (AvgIpc) is 2.77. The lowest BCUT2D eigenvalue weighted by Crippen LogP contribution is -2.07. The van der Waals surface area contributed by atoms with E-state index in [1.165, 1.54) is 0 Å². The molecule has 0 aliphatic rings. The van der Waals surface area contributed by atoms with Gasteiger partial charge in [-0.1, -0.05) is 13.8 Å². The molecule has 16 heavy (non-hydrogen) atoms. The number of H-pyrrole nitrogens is 1. The first-order chi connectivity index (χ1) is 7.65. The molecule has 0 radical (unpaired) electrons. The SMILES string of the molecule is Cc1cn(CC(C)C)c(Nc2cn[nH]c2)n1. The molecule has 2 rings (SSSR count). The van der Waals surface area contributed by atoms with Gasteiger partial charge in [-0.2, -0.15) is 5.10 Å². The standard InChI is InChI=1S/C11H17N5/c1-8(2)6-16-7-9(3)14-11(16)15-10-4-12-13-5-10/h4-5,7-8H,6H2,1-3H3,(H,12,13)(H,14,15). The van der Waals surface area contributed by atoms with Crippen LogP contribution >= 0.6 is 0 Å². The quantitative estimate of drug-likeness (QED) is 0.829. The Labute approximate surface area is 94.9 Å². The van der Waals surface area contributed by atoms with E-state index in [1.807, 2.05) is 13.1 Å². The summed E-state index contributed by atoms with van der Waals surface area (Å²) >= 11 is 0. The van der Waals surface area contributed by atoms with Crippen LogP contribution < -0.4 is 5.32 Å². The Hall–Kier alpha value is -1.78. The molecule has 0 bridgehead atoms. The number of hydrogen-bond acceptors (Lipinski definition) is 3. The third kappa shape index (κ3) is 2.42. The number of nitrogens with one attached hydrogen (secondary N) is 2. The minimum atomic E-state index is 0.596. The highest BCUT2D eigenvalue weighted by Gasteiger charge is 2.07. The fraction of sp³-hybridized carbons (Fsp3) is 0.455. The summed E-state index contributed by atoms with van der Waals surface area (Å²) in [5.74, 6) is 1.46. The molecule has 86 valence electrons. The second-order valence-corrected chi connectivity index (χ2v) is 4.36. The van der Waals surface area contributed by atoms with Gasteiger partial charge in [-0.25, -0.2) is 4.98 Å². The van der Waals surface area contributed by atoms with Gasteiger partial charge in [0.1, 0.15) is 0 Å². The van der Waals surface area contributed by atoms with Crippen molar-refractivity contribution in [3.05, 3.63) is 24.3 Å². The monoisotopic (exact) mass is 219 g/mol. The molecule has 0 fully saturated rings. The molecule has 0 aliphatic heterocycles. The van der Waals surface area contributed by atoms with Crippen LogP contribution in [0.5, 0.6) is 0 Å². The van der Waals surface area contributed by atoms with Crippen LogP contribution in [0, 0.1) is 12.8 Å². The number of aromatic nitrogens is 4. The summed E-state index contributed by atoms with van der Waals surface area (Å²) in [4.78, 5) is 4.45. The Morgan fingerprint density at radius 2 is 2.31 bits per heavy atom. The van der Waals surface area contributed by atoms with E-state index in [-0.39, 0.29) is 0 Å². The Kier molecular flexibility index (Phi) is 2.94. The normalized spacial score (nSPS) is 11.0. The van der Waals surface area contributed by atoms with Crippen molar-refractivity contribution in [2.75, 3.05) is 5.32 Å². The van der Waals surface area contributed by atoms with Crippen molar-refractivity contribution in [3.8, 4) is 0 Å². The smallest absolute Gasteiger partial charge is 0.207 e. The zero-order valence-electron chi connectivity index (χ0n) is 9.86. The van der Waals surface area contributed by atoms with Crippen molar-refractivity contribution in [1.29, 1.82) is 0 Å². The molecule has 0 saturated heterocycles. The minimum absolute atomic E-state index is 0.596. The van der Waals surface area contributed by atoms with E-state index >= 15 is 0 Å². The number of imidazole rings is 1. The maximum Gasteiger partial charge on any atom is 0.207 e. The Morgan fingerprint density at radius 1 is 1.50 bits per heavy atom. The molecule has 5 nitrogen and oxygen atoms in total. The number of anilines is 2. The minimum Gasteiger partial charge on any atom is -0.323 e. The van der Waals surface area contributed by atoms with Crippen LogP contribution in [-0.2, 0) is 6.54 Å². The number of hydrogen-bond donors (Lipinski definition) is 2. The Balaban J connectivity index is 2.19. The van der Waals surface area contributed by atoms with Gasteiger partial charge in [0, 0.05) is 18.9 Å². The zero-order valence-corrected chi connectivity index (χ0v) is 9.86. The summed E-state index contributed by atoms with van der Waals surface area (Å²) < 4.78 is 2.13. The molecule has 5 heteroatoms. The first kappa shape index (κ1) is 10.7. The van der Waals surface area contributed by atoms with Crippen LogP contribution in [0.4, 0.5) is 11.6 Å². The van der Waals surface area contributed by atoms with E-state index in [0.717, 1.165) is 23.9 Å². The van der Waals surface area contributed by atoms with Crippen molar-refractivity contribution >= 4 is 11.6 Å². The predicted molar refractivity (Wildman–Crippen MR) is 63.7 cm³/mol. The van der Waals surface area contributed by atoms with E-state index < -0.39 is 0 Å². The Morgan fingerprint density at radius 3 is 2.94 bits per heavy atom. The molecule has 0 spiro atoms. The van der Waals surface area contributed by atoms with Crippen LogP contribution in [0.15, 0.2) is 18.6 Å². The van der Waals surface area contributed by atoms with E-state index in [0.29, 0.717) is 5.92 Å². The van der Waals surface area contributed by atoms with Gasteiger partial charge in [0.2, 0.25) is 5.95 Å². The molecular formula is C11H17N5. The summed E-state index contributed by atoms with van der Waals surface area (Å²) in [6, 6.07) is 0. The van der Waals surface area contributed by atoms with Gasteiger partial charge < -0.3 is 9.88 Å². The van der Waals surface area contributed by atoms with Gasteiger partial charge in [0.15, 0.2) is 0 Å². The van der Waals surface area contributed by atoms with Gasteiger partial charge in [-0.15, -0.1) is 0 Å². The third-order valence-electron chi connectivity index (χ3n) is 2.21. The van der Waals surface area contributed by atoms with Crippen molar-refractivity contribution in [2.24, 2.45) is 5.92 Å². The largest absolute Gasteiger partial charge is 0.323 e. The number of nitrogens with zero attached hydrogens (tertiary/aromatic N) is 3. The third-order valence-corrected chi connectivity index (χ3v) is 2.21. The van der Waals surface area contributed by atoms with Crippen LogP contribution in [0.3, 0.4) is 0 Å². The molecular weight excluding hydrogens is 202 g/mol. The molecule has 0 aliphatic carbocycles. The van der Waals surface area contributed by atoms with E-state index in [4.69, 9.17) is 0 Å².